The SMILES string of the molecule is CCCOc1cccc2c1-c1ccccc1C2=CCOc1ccc(CC(OCC)C(=O)O)cc1. The maximum absolute atomic E-state index is 11.3. The van der Waals surface area contributed by atoms with Crippen molar-refractivity contribution < 1.29 is 24.1 Å². The number of benzene rings is 3. The number of carboxylic acid groups (broad SMARTS) is 1. The summed E-state index contributed by atoms with van der Waals surface area (Å²) in [6.07, 6.45) is 2.56. The predicted octanol–water partition coefficient (Wildman–Crippen LogP) is 6.00. The van der Waals surface area contributed by atoms with Gasteiger partial charge in [-0.3, -0.25) is 0 Å². The van der Waals surface area contributed by atoms with Crippen LogP contribution in [0.15, 0.2) is 72.8 Å². The first kappa shape index (κ1) is 23.6. The first-order chi connectivity index (χ1) is 16.6. The Bertz CT molecular complexity index is 1160. The highest BCUT2D eigenvalue weighted by Gasteiger charge is 2.26. The highest BCUT2D eigenvalue weighted by Crippen LogP contribution is 2.48. The predicted molar refractivity (Wildman–Crippen MR) is 133 cm³/mol. The fourth-order valence-corrected chi connectivity index (χ4v) is 4.24. The van der Waals surface area contributed by atoms with E-state index in [0.29, 0.717) is 26.2 Å². The molecule has 0 bridgehead atoms. The van der Waals surface area contributed by atoms with Crippen LogP contribution < -0.4 is 9.47 Å². The van der Waals surface area contributed by atoms with Crippen molar-refractivity contribution in [2.45, 2.75) is 32.8 Å². The fourth-order valence-electron chi connectivity index (χ4n) is 4.24. The zero-order chi connectivity index (χ0) is 23.9. The topological polar surface area (TPSA) is 65.0 Å². The van der Waals surface area contributed by atoms with E-state index in [2.05, 4.69) is 43.3 Å². The van der Waals surface area contributed by atoms with Crippen molar-refractivity contribution >= 4 is 11.5 Å². The Morgan fingerprint density at radius 1 is 0.912 bits per heavy atom. The first-order valence-corrected chi connectivity index (χ1v) is 11.7. The van der Waals surface area contributed by atoms with Crippen LogP contribution in [0.1, 0.15) is 37.0 Å². The molecule has 0 heterocycles. The zero-order valence-electron chi connectivity index (χ0n) is 19.6. The van der Waals surface area contributed by atoms with Crippen LogP contribution in [0.4, 0.5) is 0 Å². The second-order valence-corrected chi connectivity index (χ2v) is 8.13. The van der Waals surface area contributed by atoms with Gasteiger partial charge in [0.15, 0.2) is 6.10 Å². The van der Waals surface area contributed by atoms with Crippen LogP contribution in [-0.2, 0) is 16.0 Å². The summed E-state index contributed by atoms with van der Waals surface area (Å²) in [5, 5.41) is 9.28. The minimum absolute atomic E-state index is 0.323. The van der Waals surface area contributed by atoms with Crippen LogP contribution in [-0.4, -0.2) is 37.0 Å². The number of carboxylic acids is 1. The molecule has 3 aromatic carbocycles. The molecule has 0 saturated carbocycles. The molecule has 1 N–H and O–H groups in total. The summed E-state index contributed by atoms with van der Waals surface area (Å²) in [5.74, 6) is 0.697. The molecule has 0 spiro atoms. The second-order valence-electron chi connectivity index (χ2n) is 8.13. The monoisotopic (exact) mass is 458 g/mol. The van der Waals surface area contributed by atoms with E-state index in [-0.39, 0.29) is 0 Å². The lowest BCUT2D eigenvalue weighted by Crippen LogP contribution is -2.26. The molecule has 1 atom stereocenters. The van der Waals surface area contributed by atoms with E-state index in [1.54, 1.807) is 6.92 Å². The van der Waals surface area contributed by atoms with Gasteiger partial charge in [-0.05, 0) is 65.4 Å². The van der Waals surface area contributed by atoms with Crippen molar-refractivity contribution in [3.8, 4) is 22.6 Å². The Labute approximate surface area is 200 Å². The summed E-state index contributed by atoms with van der Waals surface area (Å²) in [5.41, 5.74) is 6.70. The fraction of sp³-hybridized carbons (Fsp3) is 0.276. The molecule has 34 heavy (non-hydrogen) atoms. The Morgan fingerprint density at radius 2 is 1.65 bits per heavy atom. The zero-order valence-corrected chi connectivity index (χ0v) is 19.6. The average molecular weight is 459 g/mol. The summed E-state index contributed by atoms with van der Waals surface area (Å²) in [7, 11) is 0. The van der Waals surface area contributed by atoms with E-state index in [0.717, 1.165) is 40.2 Å². The quantitative estimate of drug-likeness (QED) is 0.299. The summed E-state index contributed by atoms with van der Waals surface area (Å²) in [6.45, 7) is 5.37. The molecular weight excluding hydrogens is 428 g/mol. The minimum atomic E-state index is -0.950. The van der Waals surface area contributed by atoms with Gasteiger partial charge in [-0.2, -0.15) is 0 Å². The molecule has 0 aliphatic heterocycles. The van der Waals surface area contributed by atoms with Gasteiger partial charge in [-0.25, -0.2) is 4.79 Å². The number of fused-ring (bicyclic) bond motifs is 3. The number of rotatable bonds is 11. The van der Waals surface area contributed by atoms with Crippen molar-refractivity contribution in [3.63, 3.8) is 0 Å². The van der Waals surface area contributed by atoms with Crippen LogP contribution in [0.3, 0.4) is 0 Å². The summed E-state index contributed by atoms with van der Waals surface area (Å²) >= 11 is 0. The number of hydrogen-bond acceptors (Lipinski definition) is 4. The van der Waals surface area contributed by atoms with Gasteiger partial charge in [0, 0.05) is 18.6 Å². The van der Waals surface area contributed by atoms with Gasteiger partial charge in [0.25, 0.3) is 0 Å². The molecule has 4 rings (SSSR count). The van der Waals surface area contributed by atoms with E-state index in [9.17, 15) is 9.90 Å². The van der Waals surface area contributed by atoms with Gasteiger partial charge < -0.3 is 19.3 Å². The lowest BCUT2D eigenvalue weighted by Gasteiger charge is -2.13. The number of hydrogen-bond donors (Lipinski definition) is 1. The normalized spacial score (nSPS) is 13.9. The van der Waals surface area contributed by atoms with Crippen molar-refractivity contribution in [2.75, 3.05) is 19.8 Å². The van der Waals surface area contributed by atoms with E-state index < -0.39 is 12.1 Å². The van der Waals surface area contributed by atoms with E-state index >= 15 is 0 Å². The van der Waals surface area contributed by atoms with Crippen molar-refractivity contribution in [1.82, 2.24) is 0 Å². The van der Waals surface area contributed by atoms with Gasteiger partial charge >= 0.3 is 5.97 Å². The first-order valence-electron chi connectivity index (χ1n) is 11.7. The third-order valence-electron chi connectivity index (χ3n) is 5.79. The molecule has 1 aliphatic rings. The highest BCUT2D eigenvalue weighted by atomic mass is 16.5. The minimum Gasteiger partial charge on any atom is -0.493 e. The maximum Gasteiger partial charge on any atom is 0.333 e. The molecule has 0 aromatic heterocycles. The second kappa shape index (κ2) is 11.0. The summed E-state index contributed by atoms with van der Waals surface area (Å²) in [6, 6.07) is 22.1. The molecule has 0 radical (unpaired) electrons. The lowest BCUT2D eigenvalue weighted by atomic mass is 10.0. The molecule has 1 unspecified atom stereocenters. The standard InChI is InChI=1S/C29H30O5/c1-3-17-34-26-11-7-10-25-23(22-8-5-6-9-24(22)28(25)26)16-18-33-21-14-12-20(13-15-21)19-27(29(30)31)32-4-2/h5-16,27H,3-4,17-19H2,1-2H3,(H,30,31). The van der Waals surface area contributed by atoms with Crippen molar-refractivity contribution in [1.29, 1.82) is 0 Å². The Kier molecular flexibility index (Phi) is 7.65. The number of ether oxygens (including phenoxy) is 3. The molecule has 5 heteroatoms. The van der Waals surface area contributed by atoms with Gasteiger partial charge in [0.05, 0.1) is 6.61 Å². The third kappa shape index (κ3) is 5.15. The maximum atomic E-state index is 11.3. The van der Waals surface area contributed by atoms with E-state index in [1.165, 1.54) is 11.1 Å². The Morgan fingerprint density at radius 3 is 2.35 bits per heavy atom. The van der Waals surface area contributed by atoms with Crippen LogP contribution >= 0.6 is 0 Å². The van der Waals surface area contributed by atoms with E-state index in [1.807, 2.05) is 36.4 Å². The van der Waals surface area contributed by atoms with Crippen LogP contribution in [0.5, 0.6) is 11.5 Å². The molecule has 1 aliphatic carbocycles. The molecule has 0 fully saturated rings. The van der Waals surface area contributed by atoms with Gasteiger partial charge in [-0.15, -0.1) is 0 Å². The van der Waals surface area contributed by atoms with Crippen molar-refractivity contribution in [2.24, 2.45) is 0 Å². The largest absolute Gasteiger partial charge is 0.493 e. The molecule has 3 aromatic rings. The Hall–Kier alpha value is -3.57. The van der Waals surface area contributed by atoms with Crippen molar-refractivity contribution in [3.05, 3.63) is 89.5 Å². The lowest BCUT2D eigenvalue weighted by molar-refractivity contribution is -0.149. The molecule has 0 saturated heterocycles. The van der Waals surface area contributed by atoms with Gasteiger partial charge in [-0.1, -0.05) is 55.5 Å². The molecule has 5 nitrogen and oxygen atoms in total. The average Bonchev–Trinajstić information content (AvgIpc) is 3.18. The molecule has 0 amide bonds. The highest BCUT2D eigenvalue weighted by molar-refractivity contribution is 6.03. The smallest absolute Gasteiger partial charge is 0.333 e. The number of aliphatic carboxylic acids is 1. The molecular formula is C29H30O5. The summed E-state index contributed by atoms with van der Waals surface area (Å²) in [4.78, 5) is 11.3. The third-order valence-corrected chi connectivity index (χ3v) is 5.79. The Balaban J connectivity index is 1.49. The molecule has 176 valence electrons. The van der Waals surface area contributed by atoms with Gasteiger partial charge in [0.2, 0.25) is 0 Å². The van der Waals surface area contributed by atoms with Crippen LogP contribution in [0.25, 0.3) is 16.7 Å². The number of carbonyl (C=O) groups is 1. The van der Waals surface area contributed by atoms with Crippen LogP contribution in [0, 0.1) is 0 Å². The summed E-state index contributed by atoms with van der Waals surface area (Å²) < 4.78 is 17.3. The van der Waals surface area contributed by atoms with E-state index in [4.69, 9.17) is 14.2 Å². The van der Waals surface area contributed by atoms with Gasteiger partial charge in [0.1, 0.15) is 18.1 Å². The van der Waals surface area contributed by atoms with Crippen LogP contribution in [0.2, 0.25) is 0 Å².